The number of nitrogens with one attached hydrogen (secondary N) is 1. The highest BCUT2D eigenvalue weighted by molar-refractivity contribution is 7.22. The first-order chi connectivity index (χ1) is 16.5. The van der Waals surface area contributed by atoms with Gasteiger partial charge in [0.25, 0.3) is 0 Å². The number of anilines is 1. The van der Waals surface area contributed by atoms with Crippen LogP contribution in [-0.2, 0) is 11.3 Å². The van der Waals surface area contributed by atoms with E-state index in [2.05, 4.69) is 34.3 Å². The third-order valence-electron chi connectivity index (χ3n) is 6.08. The Hall–Kier alpha value is -3.10. The fraction of sp³-hybridized carbons (Fsp3) is 0.385. The molecule has 3 aromatic rings. The van der Waals surface area contributed by atoms with E-state index in [-0.39, 0.29) is 5.91 Å². The molecule has 180 valence electrons. The van der Waals surface area contributed by atoms with E-state index in [4.69, 9.17) is 14.2 Å². The maximum Gasteiger partial charge on any atom is 0.250 e. The van der Waals surface area contributed by atoms with Crippen molar-refractivity contribution in [3.63, 3.8) is 0 Å². The van der Waals surface area contributed by atoms with E-state index in [0.29, 0.717) is 22.4 Å². The summed E-state index contributed by atoms with van der Waals surface area (Å²) in [7, 11) is 4.67. The Morgan fingerprint density at radius 2 is 1.82 bits per heavy atom. The molecule has 0 spiro atoms. The first kappa shape index (κ1) is 24.0. The van der Waals surface area contributed by atoms with Crippen LogP contribution >= 0.6 is 11.3 Å². The number of carbonyl (C=O) groups excluding carboxylic acids is 1. The van der Waals surface area contributed by atoms with Crippen LogP contribution in [0.3, 0.4) is 0 Å². The summed E-state index contributed by atoms with van der Waals surface area (Å²) in [4.78, 5) is 19.6. The van der Waals surface area contributed by atoms with Crippen LogP contribution in [0.5, 0.6) is 17.2 Å². The number of methoxy groups -OCH3 is 3. The summed E-state index contributed by atoms with van der Waals surface area (Å²) < 4.78 is 17.1. The van der Waals surface area contributed by atoms with Crippen molar-refractivity contribution in [2.24, 2.45) is 5.92 Å². The van der Waals surface area contributed by atoms with Gasteiger partial charge in [-0.05, 0) is 73.3 Å². The molecule has 2 aromatic carbocycles. The zero-order valence-corrected chi connectivity index (χ0v) is 20.9. The second-order valence-electron chi connectivity index (χ2n) is 8.56. The quantitative estimate of drug-likeness (QED) is 0.446. The number of hydrogen-bond donors (Lipinski definition) is 1. The van der Waals surface area contributed by atoms with Gasteiger partial charge in [-0.1, -0.05) is 24.3 Å². The Morgan fingerprint density at radius 1 is 1.12 bits per heavy atom. The van der Waals surface area contributed by atoms with Crippen LogP contribution in [0, 0.1) is 5.92 Å². The summed E-state index contributed by atoms with van der Waals surface area (Å²) in [6.45, 7) is 5.60. The molecule has 0 radical (unpaired) electrons. The molecule has 1 aliphatic heterocycles. The van der Waals surface area contributed by atoms with Crippen molar-refractivity contribution in [3.8, 4) is 17.2 Å². The number of hydrogen-bond acceptors (Lipinski definition) is 7. The summed E-state index contributed by atoms with van der Waals surface area (Å²) >= 11 is 1.49. The molecule has 0 aliphatic carbocycles. The lowest BCUT2D eigenvalue weighted by Gasteiger charge is -2.30. The van der Waals surface area contributed by atoms with Gasteiger partial charge in [0.1, 0.15) is 0 Å². The van der Waals surface area contributed by atoms with Crippen LogP contribution in [-0.4, -0.2) is 50.2 Å². The largest absolute Gasteiger partial charge is 0.493 e. The van der Waals surface area contributed by atoms with Gasteiger partial charge in [-0.25, -0.2) is 4.98 Å². The molecule has 34 heavy (non-hydrogen) atoms. The summed E-state index contributed by atoms with van der Waals surface area (Å²) in [6, 6.07) is 9.93. The molecule has 7 nitrogen and oxygen atoms in total. The lowest BCUT2D eigenvalue weighted by Crippen LogP contribution is -2.32. The monoisotopic (exact) mass is 481 g/mol. The van der Waals surface area contributed by atoms with Crippen molar-refractivity contribution in [1.29, 1.82) is 0 Å². The number of nitrogens with zero attached hydrogens (tertiary/aromatic N) is 2. The SMILES string of the molecule is COc1cc(/C=C/C(=O)Nc2nc3ccc(CN4CCC(C)CC4)cc3s2)cc(OC)c1OC. The molecule has 0 bridgehead atoms. The second kappa shape index (κ2) is 10.9. The zero-order valence-electron chi connectivity index (χ0n) is 20.1. The standard InChI is InChI=1S/C26H31N3O4S/c1-17-9-11-29(12-10-17)16-19-5-7-20-23(15-19)34-26(27-20)28-24(30)8-6-18-13-21(31-2)25(33-4)22(14-18)32-3/h5-8,13-15,17H,9-12,16H2,1-4H3,(H,27,28,30)/b8-6+. The predicted octanol–water partition coefficient (Wildman–Crippen LogP) is 5.21. The minimum absolute atomic E-state index is 0.254. The summed E-state index contributed by atoms with van der Waals surface area (Å²) in [5, 5.41) is 3.45. The number of ether oxygens (including phenoxy) is 3. The fourth-order valence-corrected chi connectivity index (χ4v) is 5.05. The molecule has 1 fully saturated rings. The Morgan fingerprint density at radius 3 is 2.47 bits per heavy atom. The number of benzene rings is 2. The number of fused-ring (bicyclic) bond motifs is 1. The molecule has 1 N–H and O–H groups in total. The molecule has 1 aromatic heterocycles. The number of likely N-dealkylation sites (tertiary alicyclic amines) is 1. The molecule has 0 unspecified atom stereocenters. The van der Waals surface area contributed by atoms with Crippen LogP contribution < -0.4 is 19.5 Å². The topological polar surface area (TPSA) is 72.9 Å². The van der Waals surface area contributed by atoms with Crippen molar-refractivity contribution in [3.05, 3.63) is 47.5 Å². The molecule has 8 heteroatoms. The zero-order chi connectivity index (χ0) is 24.1. The van der Waals surface area contributed by atoms with Crippen LogP contribution in [0.2, 0.25) is 0 Å². The van der Waals surface area contributed by atoms with Gasteiger partial charge < -0.3 is 14.2 Å². The molecule has 1 amide bonds. The van der Waals surface area contributed by atoms with E-state index >= 15 is 0 Å². The van der Waals surface area contributed by atoms with Gasteiger partial charge in [0.05, 0.1) is 31.5 Å². The Bertz CT molecular complexity index is 1160. The maximum atomic E-state index is 12.5. The average molecular weight is 482 g/mol. The highest BCUT2D eigenvalue weighted by Gasteiger charge is 2.16. The van der Waals surface area contributed by atoms with Crippen LogP contribution in [0.15, 0.2) is 36.4 Å². The Labute approximate surface area is 204 Å². The van der Waals surface area contributed by atoms with Gasteiger partial charge in [-0.15, -0.1) is 0 Å². The Balaban J connectivity index is 1.42. The Kier molecular flexibility index (Phi) is 7.70. The lowest BCUT2D eigenvalue weighted by atomic mass is 9.99. The van der Waals surface area contributed by atoms with Gasteiger partial charge in [0.15, 0.2) is 16.6 Å². The highest BCUT2D eigenvalue weighted by atomic mass is 32.1. The van der Waals surface area contributed by atoms with Gasteiger partial charge in [0.2, 0.25) is 11.7 Å². The predicted molar refractivity (Wildman–Crippen MR) is 137 cm³/mol. The van der Waals surface area contributed by atoms with E-state index < -0.39 is 0 Å². The average Bonchev–Trinajstić information content (AvgIpc) is 3.24. The van der Waals surface area contributed by atoms with Crippen molar-refractivity contribution in [2.45, 2.75) is 26.3 Å². The van der Waals surface area contributed by atoms with Crippen molar-refractivity contribution < 1.29 is 19.0 Å². The lowest BCUT2D eigenvalue weighted by molar-refractivity contribution is -0.111. The van der Waals surface area contributed by atoms with E-state index in [0.717, 1.165) is 41.3 Å². The minimum Gasteiger partial charge on any atom is -0.493 e. The molecule has 4 rings (SSSR count). The summed E-state index contributed by atoms with van der Waals surface area (Å²) in [5.74, 6) is 2.14. The van der Waals surface area contributed by atoms with Crippen LogP contribution in [0.25, 0.3) is 16.3 Å². The molecular weight excluding hydrogens is 450 g/mol. The number of carbonyl (C=O) groups is 1. The second-order valence-corrected chi connectivity index (χ2v) is 9.59. The van der Waals surface area contributed by atoms with Crippen molar-refractivity contribution in [2.75, 3.05) is 39.7 Å². The van der Waals surface area contributed by atoms with E-state index in [9.17, 15) is 4.79 Å². The minimum atomic E-state index is -0.254. The molecule has 2 heterocycles. The van der Waals surface area contributed by atoms with Crippen molar-refractivity contribution >= 4 is 38.7 Å². The molecule has 0 atom stereocenters. The fourth-order valence-electron chi connectivity index (χ4n) is 4.12. The highest BCUT2D eigenvalue weighted by Crippen LogP contribution is 2.38. The maximum absolute atomic E-state index is 12.5. The third kappa shape index (κ3) is 5.69. The van der Waals surface area contributed by atoms with Crippen molar-refractivity contribution in [1.82, 2.24) is 9.88 Å². The summed E-state index contributed by atoms with van der Waals surface area (Å²) in [5.41, 5.74) is 2.93. The molecule has 1 aliphatic rings. The number of piperidine rings is 1. The van der Waals surface area contributed by atoms with Gasteiger partial charge in [-0.3, -0.25) is 15.0 Å². The smallest absolute Gasteiger partial charge is 0.250 e. The third-order valence-corrected chi connectivity index (χ3v) is 7.01. The first-order valence-corrected chi connectivity index (χ1v) is 12.2. The number of rotatable bonds is 8. The van der Waals surface area contributed by atoms with Crippen LogP contribution in [0.4, 0.5) is 5.13 Å². The van der Waals surface area contributed by atoms with E-state index in [1.54, 1.807) is 39.5 Å². The molecule has 1 saturated heterocycles. The number of aromatic nitrogens is 1. The molecule has 0 saturated carbocycles. The first-order valence-electron chi connectivity index (χ1n) is 11.4. The normalized spacial score (nSPS) is 15.1. The van der Waals surface area contributed by atoms with E-state index in [1.807, 2.05) is 6.07 Å². The van der Waals surface area contributed by atoms with Crippen LogP contribution in [0.1, 0.15) is 30.9 Å². The van der Waals surface area contributed by atoms with Gasteiger partial charge in [0, 0.05) is 12.6 Å². The van der Waals surface area contributed by atoms with Gasteiger partial charge in [-0.2, -0.15) is 0 Å². The number of thiazole rings is 1. The molecular formula is C26H31N3O4S. The summed E-state index contributed by atoms with van der Waals surface area (Å²) in [6.07, 6.45) is 5.70. The van der Waals surface area contributed by atoms with E-state index in [1.165, 1.54) is 35.8 Å². The van der Waals surface area contributed by atoms with Gasteiger partial charge >= 0.3 is 0 Å². The number of amides is 1.